The van der Waals surface area contributed by atoms with Crippen molar-refractivity contribution in [1.29, 1.82) is 0 Å². The molecular weight excluding hydrogens is 559 g/mol. The average Bonchev–Trinajstić information content (AvgIpc) is 3.50. The Morgan fingerprint density at radius 3 is 1.67 bits per heavy atom. The third-order valence-electron chi connectivity index (χ3n) is 9.63. The number of anilines is 6. The molecule has 3 nitrogen and oxygen atoms in total. The van der Waals surface area contributed by atoms with Gasteiger partial charge in [-0.05, 0) is 82.1 Å². The summed E-state index contributed by atoms with van der Waals surface area (Å²) in [5.74, 6) is 0. The predicted octanol–water partition coefficient (Wildman–Crippen LogP) is 9.34. The summed E-state index contributed by atoms with van der Waals surface area (Å²) in [7, 11) is 0. The Morgan fingerprint density at radius 1 is 0.391 bits per heavy atom. The highest BCUT2D eigenvalue weighted by atomic mass is 16.3. The van der Waals surface area contributed by atoms with Crippen LogP contribution >= 0.6 is 0 Å². The monoisotopic (exact) mass is 586 g/mol. The maximum absolute atomic E-state index is 6.42. The van der Waals surface area contributed by atoms with E-state index in [1.165, 1.54) is 50.3 Å². The van der Waals surface area contributed by atoms with Gasteiger partial charge in [-0.2, -0.15) is 0 Å². The Labute approximate surface area is 267 Å². The maximum Gasteiger partial charge on any atom is 0.252 e. The molecule has 0 saturated heterocycles. The minimum absolute atomic E-state index is 0.0911. The summed E-state index contributed by atoms with van der Waals surface area (Å²) in [6.45, 7) is 0.0911. The molecule has 0 amide bonds. The first kappa shape index (κ1) is 25.3. The number of hydrogen-bond donors (Lipinski definition) is 0. The number of nitrogens with zero attached hydrogens (tertiary/aromatic N) is 2. The van der Waals surface area contributed by atoms with Crippen molar-refractivity contribution < 1.29 is 4.42 Å². The molecule has 46 heavy (non-hydrogen) atoms. The SMILES string of the molecule is c1ccc(-c2cc3c4c(c2)N(c2ccc5c(c2)oc2ccccc25)c2ccccc2B4c2ccccc2N3c2ccccc2)cc1. The molecule has 0 fully saturated rings. The van der Waals surface area contributed by atoms with Gasteiger partial charge in [0.25, 0.3) is 6.71 Å². The van der Waals surface area contributed by atoms with Crippen molar-refractivity contribution in [3.63, 3.8) is 0 Å². The van der Waals surface area contributed by atoms with Crippen molar-refractivity contribution >= 4 is 79.2 Å². The fraction of sp³-hybridized carbons (Fsp3) is 0. The lowest BCUT2D eigenvalue weighted by Gasteiger charge is -2.44. The molecule has 0 atom stereocenters. The van der Waals surface area contributed by atoms with Crippen LogP contribution in [0, 0.1) is 0 Å². The number of benzene rings is 7. The van der Waals surface area contributed by atoms with Crippen LogP contribution in [-0.2, 0) is 0 Å². The van der Waals surface area contributed by atoms with E-state index >= 15 is 0 Å². The van der Waals surface area contributed by atoms with Crippen LogP contribution in [0.4, 0.5) is 34.1 Å². The van der Waals surface area contributed by atoms with Crippen LogP contribution in [-0.4, -0.2) is 6.71 Å². The van der Waals surface area contributed by atoms with E-state index in [4.69, 9.17) is 4.42 Å². The van der Waals surface area contributed by atoms with Gasteiger partial charge in [-0.1, -0.05) is 103 Å². The highest BCUT2D eigenvalue weighted by Crippen LogP contribution is 2.46. The van der Waals surface area contributed by atoms with Crippen LogP contribution < -0.4 is 26.2 Å². The van der Waals surface area contributed by atoms with Gasteiger partial charge in [-0.3, -0.25) is 0 Å². The Morgan fingerprint density at radius 2 is 0.957 bits per heavy atom. The van der Waals surface area contributed by atoms with Gasteiger partial charge in [0.1, 0.15) is 11.2 Å². The summed E-state index contributed by atoms with van der Waals surface area (Å²) in [5.41, 5.74) is 15.1. The van der Waals surface area contributed by atoms with Crippen LogP contribution in [0.25, 0.3) is 33.1 Å². The topological polar surface area (TPSA) is 19.6 Å². The molecule has 0 spiro atoms. The van der Waals surface area contributed by atoms with Crippen molar-refractivity contribution in [2.75, 3.05) is 9.80 Å². The van der Waals surface area contributed by atoms with E-state index in [1.807, 2.05) is 12.1 Å². The third kappa shape index (κ3) is 3.61. The summed E-state index contributed by atoms with van der Waals surface area (Å²) in [5, 5.41) is 2.27. The van der Waals surface area contributed by atoms with E-state index in [9.17, 15) is 0 Å². The smallest absolute Gasteiger partial charge is 0.252 e. The highest BCUT2D eigenvalue weighted by Gasteiger charge is 2.43. The van der Waals surface area contributed by atoms with E-state index in [0.717, 1.165) is 33.3 Å². The van der Waals surface area contributed by atoms with Crippen molar-refractivity contribution in [1.82, 2.24) is 0 Å². The van der Waals surface area contributed by atoms with Gasteiger partial charge in [0.2, 0.25) is 0 Å². The van der Waals surface area contributed by atoms with Crippen molar-refractivity contribution in [2.45, 2.75) is 0 Å². The van der Waals surface area contributed by atoms with Crippen LogP contribution in [0.15, 0.2) is 168 Å². The molecule has 10 rings (SSSR count). The van der Waals surface area contributed by atoms with Crippen LogP contribution in [0.1, 0.15) is 0 Å². The molecule has 214 valence electrons. The van der Waals surface area contributed by atoms with E-state index in [-0.39, 0.29) is 6.71 Å². The lowest BCUT2D eigenvalue weighted by molar-refractivity contribution is 0.669. The Bertz CT molecular complexity index is 2450. The summed E-state index contributed by atoms with van der Waals surface area (Å²) in [4.78, 5) is 4.90. The van der Waals surface area contributed by atoms with Crippen LogP contribution in [0.3, 0.4) is 0 Å². The molecule has 8 aromatic rings. The highest BCUT2D eigenvalue weighted by molar-refractivity contribution is 7.00. The molecule has 4 heteroatoms. The van der Waals surface area contributed by atoms with E-state index in [1.54, 1.807) is 0 Å². The van der Waals surface area contributed by atoms with Gasteiger partial charge in [0.15, 0.2) is 0 Å². The van der Waals surface area contributed by atoms with Gasteiger partial charge in [0, 0.05) is 51.0 Å². The van der Waals surface area contributed by atoms with Crippen LogP contribution in [0.5, 0.6) is 0 Å². The quantitative estimate of drug-likeness (QED) is 0.192. The minimum atomic E-state index is 0.0911. The molecule has 0 unspecified atom stereocenters. The first-order valence-corrected chi connectivity index (χ1v) is 15.8. The molecule has 2 aliphatic heterocycles. The Kier molecular flexibility index (Phi) is 5.37. The van der Waals surface area contributed by atoms with E-state index in [0.29, 0.717) is 0 Å². The molecule has 0 radical (unpaired) electrons. The average molecular weight is 587 g/mol. The Balaban J connectivity index is 1.31. The largest absolute Gasteiger partial charge is 0.456 e. The zero-order chi connectivity index (χ0) is 30.2. The number of furan rings is 1. The second kappa shape index (κ2) is 9.75. The minimum Gasteiger partial charge on any atom is -0.456 e. The molecule has 0 N–H and O–H groups in total. The zero-order valence-corrected chi connectivity index (χ0v) is 25.0. The van der Waals surface area contributed by atoms with Gasteiger partial charge in [-0.25, -0.2) is 0 Å². The normalized spacial score (nSPS) is 13.1. The molecule has 7 aromatic carbocycles. The van der Waals surface area contributed by atoms with E-state index < -0.39 is 0 Å². The van der Waals surface area contributed by atoms with Gasteiger partial charge in [-0.15, -0.1) is 0 Å². The van der Waals surface area contributed by atoms with Gasteiger partial charge >= 0.3 is 0 Å². The molecule has 2 aliphatic rings. The number of para-hydroxylation sites is 4. The number of hydrogen-bond acceptors (Lipinski definition) is 3. The second-order valence-corrected chi connectivity index (χ2v) is 12.1. The summed E-state index contributed by atoms with van der Waals surface area (Å²) >= 11 is 0. The number of rotatable bonds is 3. The van der Waals surface area contributed by atoms with Gasteiger partial charge in [0.05, 0.1) is 0 Å². The molecule has 0 bridgehead atoms. The predicted molar refractivity (Wildman–Crippen MR) is 193 cm³/mol. The van der Waals surface area contributed by atoms with Crippen molar-refractivity contribution in [2.24, 2.45) is 0 Å². The first-order valence-electron chi connectivity index (χ1n) is 15.8. The van der Waals surface area contributed by atoms with Crippen molar-refractivity contribution in [3.8, 4) is 11.1 Å². The number of fused-ring (bicyclic) bond motifs is 7. The van der Waals surface area contributed by atoms with E-state index in [2.05, 4.69) is 161 Å². The maximum atomic E-state index is 6.42. The first-order chi connectivity index (χ1) is 22.8. The lowest BCUT2D eigenvalue weighted by Crippen LogP contribution is -2.61. The third-order valence-corrected chi connectivity index (χ3v) is 9.63. The molecule has 3 heterocycles. The second-order valence-electron chi connectivity index (χ2n) is 12.1. The molecule has 0 saturated carbocycles. The molecule has 1 aromatic heterocycles. The lowest BCUT2D eigenvalue weighted by atomic mass is 9.33. The molecule has 0 aliphatic carbocycles. The standard InChI is InChI=1S/C42H27BN2O/c1-3-13-28(14-4-1)29-25-38-42-39(26-29)45(31-23-24-33-32-17-7-12-22-40(32)46-41(33)27-31)37-21-11-9-19-35(37)43(42)34-18-8-10-20-36(34)44(38)30-15-5-2-6-16-30/h1-27H. The molecular formula is C42H27BN2O. The van der Waals surface area contributed by atoms with Gasteiger partial charge < -0.3 is 14.2 Å². The fourth-order valence-electron chi connectivity index (χ4n) is 7.68. The van der Waals surface area contributed by atoms with Crippen molar-refractivity contribution in [3.05, 3.63) is 164 Å². The summed E-state index contributed by atoms with van der Waals surface area (Å²) < 4.78 is 6.42. The zero-order valence-electron chi connectivity index (χ0n) is 25.0. The summed E-state index contributed by atoms with van der Waals surface area (Å²) in [6, 6.07) is 59.0. The fourth-order valence-corrected chi connectivity index (χ4v) is 7.68. The Hall–Kier alpha value is -6.00. The van der Waals surface area contributed by atoms with Crippen LogP contribution in [0.2, 0.25) is 0 Å². The summed E-state index contributed by atoms with van der Waals surface area (Å²) in [6.07, 6.45) is 0.